The molecule has 0 aliphatic rings. The van der Waals surface area contributed by atoms with Crippen molar-refractivity contribution in [1.82, 2.24) is 0 Å². The summed E-state index contributed by atoms with van der Waals surface area (Å²) in [6, 6.07) is 0. The van der Waals surface area contributed by atoms with Gasteiger partial charge in [0.05, 0.1) is 5.75 Å². The maximum atomic E-state index is 12.7. The molecule has 0 aromatic rings. The van der Waals surface area contributed by atoms with Crippen LogP contribution in [0.15, 0.2) is 0 Å². The van der Waals surface area contributed by atoms with Gasteiger partial charge < -0.3 is 0 Å². The first-order valence-corrected chi connectivity index (χ1v) is 6.56. The third-order valence-electron chi connectivity index (χ3n) is 1.87. The van der Waals surface area contributed by atoms with Crippen LogP contribution in [-0.2, 0) is 9.05 Å². The van der Waals surface area contributed by atoms with E-state index in [1.165, 1.54) is 0 Å². The van der Waals surface area contributed by atoms with Crippen molar-refractivity contribution in [3.8, 4) is 0 Å². The molecule has 0 rings (SSSR count). The molecular formula is C6H4ClF9O2S. The minimum Gasteiger partial charge on any atom is -0.212 e. The highest BCUT2D eigenvalue weighted by atomic mass is 35.7. The third kappa shape index (κ3) is 3.80. The first kappa shape index (κ1) is 18.6. The second-order valence-corrected chi connectivity index (χ2v) is 6.24. The van der Waals surface area contributed by atoms with Crippen LogP contribution in [0.4, 0.5) is 39.5 Å². The quantitative estimate of drug-likeness (QED) is 0.565. The van der Waals surface area contributed by atoms with E-state index in [4.69, 9.17) is 0 Å². The van der Waals surface area contributed by atoms with Crippen LogP contribution in [0.5, 0.6) is 0 Å². The van der Waals surface area contributed by atoms with Crippen molar-refractivity contribution in [3.63, 3.8) is 0 Å². The fourth-order valence-corrected chi connectivity index (χ4v) is 1.55. The highest BCUT2D eigenvalue weighted by molar-refractivity contribution is 8.13. The highest BCUT2D eigenvalue weighted by Crippen LogP contribution is 2.54. The Hall–Kier alpha value is -0.390. The van der Waals surface area contributed by atoms with E-state index in [0.717, 1.165) is 0 Å². The van der Waals surface area contributed by atoms with E-state index in [1.54, 1.807) is 0 Å². The van der Waals surface area contributed by atoms with Gasteiger partial charge in [-0.05, 0) is 0 Å². The zero-order valence-electron chi connectivity index (χ0n) is 8.42. The Bertz CT molecular complexity index is 426. The third-order valence-corrected chi connectivity index (χ3v) is 3.02. The van der Waals surface area contributed by atoms with Crippen molar-refractivity contribution in [1.29, 1.82) is 0 Å². The Labute approximate surface area is 104 Å². The maximum Gasteiger partial charge on any atom is 0.460 e. The van der Waals surface area contributed by atoms with Crippen molar-refractivity contribution < 1.29 is 47.9 Å². The number of hydrogen-bond donors (Lipinski definition) is 0. The predicted octanol–water partition coefficient (Wildman–Crippen LogP) is 3.41. The largest absolute Gasteiger partial charge is 0.460 e. The Morgan fingerprint density at radius 3 is 1.42 bits per heavy atom. The summed E-state index contributed by atoms with van der Waals surface area (Å²) in [6.07, 6.45) is -9.42. The first-order valence-electron chi connectivity index (χ1n) is 4.08. The van der Waals surface area contributed by atoms with Gasteiger partial charge in [0.1, 0.15) is 0 Å². The lowest BCUT2D eigenvalue weighted by Crippen LogP contribution is -2.61. The van der Waals surface area contributed by atoms with E-state index < -0.39 is 45.2 Å². The number of rotatable bonds is 5. The van der Waals surface area contributed by atoms with Gasteiger partial charge in [0.25, 0.3) is 0 Å². The molecule has 0 bridgehead atoms. The summed E-state index contributed by atoms with van der Waals surface area (Å²) in [7, 11) is -0.388. The summed E-state index contributed by atoms with van der Waals surface area (Å²) < 4.78 is 131. The number of alkyl halides is 9. The van der Waals surface area contributed by atoms with Crippen LogP contribution in [-0.4, -0.2) is 38.1 Å². The van der Waals surface area contributed by atoms with E-state index in [1.807, 2.05) is 0 Å². The van der Waals surface area contributed by atoms with Gasteiger partial charge in [0, 0.05) is 17.1 Å². The summed E-state index contributed by atoms with van der Waals surface area (Å²) in [5.74, 6) is -21.7. The monoisotopic (exact) mass is 346 g/mol. The lowest BCUT2D eigenvalue weighted by Gasteiger charge is -2.33. The first-order chi connectivity index (χ1) is 7.96. The lowest BCUT2D eigenvalue weighted by molar-refractivity contribution is -0.396. The van der Waals surface area contributed by atoms with Crippen LogP contribution in [0.2, 0.25) is 0 Å². The molecule has 0 saturated carbocycles. The van der Waals surface area contributed by atoms with E-state index in [2.05, 4.69) is 10.7 Å². The van der Waals surface area contributed by atoms with E-state index in [0.29, 0.717) is 0 Å². The van der Waals surface area contributed by atoms with E-state index in [9.17, 15) is 47.9 Å². The molecule has 0 fully saturated rings. The molecule has 0 amide bonds. The van der Waals surface area contributed by atoms with Crippen LogP contribution in [0, 0.1) is 0 Å². The van der Waals surface area contributed by atoms with Crippen molar-refractivity contribution >= 4 is 19.7 Å². The Morgan fingerprint density at radius 2 is 1.16 bits per heavy atom. The molecule has 0 aliphatic heterocycles. The molecule has 0 unspecified atom stereocenters. The SMILES string of the molecule is O=S(=O)(Cl)CCC(F)(F)C(F)(F)C(F)(F)C(F)(F)F. The fraction of sp³-hybridized carbons (Fsp3) is 1.00. The Balaban J connectivity index is 5.40. The molecule has 0 aromatic heterocycles. The average Bonchev–Trinajstić information content (AvgIpc) is 2.11. The highest BCUT2D eigenvalue weighted by Gasteiger charge is 2.81. The molecule has 0 N–H and O–H groups in total. The molecule has 13 heteroatoms. The van der Waals surface area contributed by atoms with Crippen molar-refractivity contribution in [3.05, 3.63) is 0 Å². The van der Waals surface area contributed by atoms with Gasteiger partial charge in [-0.25, -0.2) is 8.42 Å². The van der Waals surface area contributed by atoms with Gasteiger partial charge in [-0.2, -0.15) is 39.5 Å². The molecule has 0 aromatic carbocycles. The zero-order valence-corrected chi connectivity index (χ0v) is 9.99. The summed E-state index contributed by atoms with van der Waals surface area (Å²) in [6.45, 7) is 0. The molecule has 0 spiro atoms. The molecule has 0 atom stereocenters. The van der Waals surface area contributed by atoms with E-state index in [-0.39, 0.29) is 0 Å². The van der Waals surface area contributed by atoms with Crippen LogP contribution < -0.4 is 0 Å². The van der Waals surface area contributed by atoms with Crippen molar-refractivity contribution in [2.45, 2.75) is 30.4 Å². The smallest absolute Gasteiger partial charge is 0.212 e. The zero-order chi connectivity index (χ0) is 15.9. The summed E-state index contributed by atoms with van der Waals surface area (Å²) in [5.41, 5.74) is 0. The topological polar surface area (TPSA) is 34.1 Å². The molecule has 0 saturated heterocycles. The normalized spacial score (nSPS) is 15.7. The Morgan fingerprint density at radius 1 is 0.789 bits per heavy atom. The summed E-state index contributed by atoms with van der Waals surface area (Å²) >= 11 is 0. The van der Waals surface area contributed by atoms with Gasteiger partial charge in [-0.15, -0.1) is 0 Å². The summed E-state index contributed by atoms with van der Waals surface area (Å²) in [4.78, 5) is 0. The molecule has 116 valence electrons. The molecule has 0 aliphatic carbocycles. The van der Waals surface area contributed by atoms with Crippen LogP contribution in [0.1, 0.15) is 6.42 Å². The molecular weight excluding hydrogens is 343 g/mol. The Kier molecular flexibility index (Phi) is 4.76. The van der Waals surface area contributed by atoms with Gasteiger partial charge in [-0.3, -0.25) is 0 Å². The van der Waals surface area contributed by atoms with Crippen LogP contribution in [0.3, 0.4) is 0 Å². The molecule has 19 heavy (non-hydrogen) atoms. The lowest BCUT2D eigenvalue weighted by atomic mass is 10.0. The molecule has 0 heterocycles. The standard InChI is InChI=1S/C6H4ClF9O2S/c7-19(17,18)2-1-3(8,9)4(10,11)5(12,13)6(14,15)16/h1-2H2. The summed E-state index contributed by atoms with van der Waals surface area (Å²) in [5, 5.41) is 0. The van der Waals surface area contributed by atoms with Crippen LogP contribution >= 0.6 is 10.7 Å². The second kappa shape index (κ2) is 4.86. The minimum absolute atomic E-state index is 1.90. The fourth-order valence-electron chi connectivity index (χ4n) is 0.815. The average molecular weight is 347 g/mol. The van der Waals surface area contributed by atoms with Gasteiger partial charge in [-0.1, -0.05) is 0 Å². The van der Waals surface area contributed by atoms with Gasteiger partial charge in [0.2, 0.25) is 9.05 Å². The number of hydrogen-bond acceptors (Lipinski definition) is 2. The molecule has 2 nitrogen and oxygen atoms in total. The minimum atomic E-state index is -7.03. The second-order valence-electron chi connectivity index (χ2n) is 3.34. The molecule has 0 radical (unpaired) electrons. The van der Waals surface area contributed by atoms with Gasteiger partial charge >= 0.3 is 23.9 Å². The van der Waals surface area contributed by atoms with Crippen LogP contribution in [0.25, 0.3) is 0 Å². The maximum absolute atomic E-state index is 12.7. The van der Waals surface area contributed by atoms with Crippen molar-refractivity contribution in [2.75, 3.05) is 5.75 Å². The predicted molar refractivity (Wildman–Crippen MR) is 45.2 cm³/mol. The van der Waals surface area contributed by atoms with E-state index >= 15 is 0 Å². The van der Waals surface area contributed by atoms with Gasteiger partial charge in [0.15, 0.2) is 0 Å². The van der Waals surface area contributed by atoms with Crippen molar-refractivity contribution in [2.24, 2.45) is 0 Å². The number of halogens is 10.